The zero-order valence-corrected chi connectivity index (χ0v) is 10.2. The molecule has 0 radical (unpaired) electrons. The Morgan fingerprint density at radius 3 is 2.61 bits per heavy atom. The summed E-state index contributed by atoms with van der Waals surface area (Å²) in [5.74, 6) is 0.00999. The van der Waals surface area contributed by atoms with Gasteiger partial charge in [0.1, 0.15) is 5.41 Å². The highest BCUT2D eigenvalue weighted by atomic mass is 16.1. The Kier molecular flexibility index (Phi) is 3.57. The fourth-order valence-corrected chi connectivity index (χ4v) is 2.46. The normalized spacial score (nSPS) is 22.7. The molecule has 1 atom stereocenters. The van der Waals surface area contributed by atoms with Crippen LogP contribution in [0.25, 0.3) is 0 Å². The number of nitriles is 1. The van der Waals surface area contributed by atoms with E-state index in [2.05, 4.69) is 6.07 Å². The van der Waals surface area contributed by atoms with E-state index in [-0.39, 0.29) is 18.0 Å². The summed E-state index contributed by atoms with van der Waals surface area (Å²) in [5.41, 5.74) is -0.249. The molecule has 1 aliphatic carbocycles. The Morgan fingerprint density at radius 1 is 1.33 bits per heavy atom. The minimum Gasteiger partial charge on any atom is -0.298 e. The second-order valence-corrected chi connectivity index (χ2v) is 4.76. The van der Waals surface area contributed by atoms with Gasteiger partial charge in [0.15, 0.2) is 11.6 Å². The fourth-order valence-electron chi connectivity index (χ4n) is 2.46. The van der Waals surface area contributed by atoms with Crippen LogP contribution in [0.1, 0.15) is 42.5 Å². The number of carbonyl (C=O) groups excluding carboxylic acids is 2. The summed E-state index contributed by atoms with van der Waals surface area (Å²) in [6, 6.07) is 11.1. The molecular formula is C15H15NO2. The minimum absolute atomic E-state index is 0.00456. The van der Waals surface area contributed by atoms with Crippen LogP contribution in [0.2, 0.25) is 0 Å². The van der Waals surface area contributed by atoms with Crippen molar-refractivity contribution in [2.75, 3.05) is 0 Å². The lowest BCUT2D eigenvalue weighted by Gasteiger charge is -2.17. The van der Waals surface area contributed by atoms with Gasteiger partial charge in [0.05, 0.1) is 6.07 Å². The van der Waals surface area contributed by atoms with Crippen LogP contribution in [0.3, 0.4) is 0 Å². The van der Waals surface area contributed by atoms with Crippen molar-refractivity contribution in [3.8, 4) is 6.07 Å². The van der Waals surface area contributed by atoms with E-state index in [0.29, 0.717) is 24.8 Å². The molecule has 0 saturated heterocycles. The van der Waals surface area contributed by atoms with E-state index in [1.54, 1.807) is 12.1 Å². The first kappa shape index (κ1) is 12.5. The van der Waals surface area contributed by atoms with Crippen molar-refractivity contribution in [2.24, 2.45) is 5.41 Å². The molecule has 1 aromatic carbocycles. The zero-order chi connectivity index (χ0) is 13.0. The molecule has 0 N–H and O–H groups in total. The molecule has 1 saturated carbocycles. The summed E-state index contributed by atoms with van der Waals surface area (Å²) >= 11 is 0. The molecule has 0 heterocycles. The van der Waals surface area contributed by atoms with Gasteiger partial charge in [0, 0.05) is 18.4 Å². The third kappa shape index (κ3) is 2.33. The fraction of sp³-hybridized carbons (Fsp3) is 0.400. The molecular weight excluding hydrogens is 226 g/mol. The van der Waals surface area contributed by atoms with Gasteiger partial charge in [0.25, 0.3) is 0 Å². The third-order valence-corrected chi connectivity index (χ3v) is 3.63. The van der Waals surface area contributed by atoms with Gasteiger partial charge in [-0.25, -0.2) is 0 Å². The van der Waals surface area contributed by atoms with Crippen LogP contribution in [0.5, 0.6) is 0 Å². The molecule has 92 valence electrons. The number of Topliss-reactive ketones (excluding diaryl/α,β-unsaturated/α-hetero) is 2. The molecule has 0 bridgehead atoms. The van der Waals surface area contributed by atoms with E-state index in [4.69, 9.17) is 0 Å². The molecule has 2 rings (SSSR count). The summed E-state index contributed by atoms with van der Waals surface area (Å²) in [5, 5.41) is 9.19. The maximum absolute atomic E-state index is 11.9. The molecule has 0 amide bonds. The maximum Gasteiger partial charge on any atom is 0.162 e. The summed E-state index contributed by atoms with van der Waals surface area (Å²) in [6.07, 6.45) is 2.47. The smallest absolute Gasteiger partial charge is 0.162 e. The average Bonchev–Trinajstić information content (AvgIpc) is 2.79. The zero-order valence-electron chi connectivity index (χ0n) is 10.2. The predicted molar refractivity (Wildman–Crippen MR) is 66.9 cm³/mol. The van der Waals surface area contributed by atoms with Crippen molar-refractivity contribution in [3.63, 3.8) is 0 Å². The molecule has 1 aromatic rings. The van der Waals surface area contributed by atoms with Gasteiger partial charge in [-0.3, -0.25) is 9.59 Å². The van der Waals surface area contributed by atoms with Crippen molar-refractivity contribution in [1.82, 2.24) is 0 Å². The van der Waals surface area contributed by atoms with Crippen LogP contribution in [0.4, 0.5) is 0 Å². The summed E-state index contributed by atoms with van der Waals surface area (Å²) in [4.78, 5) is 23.7. The second kappa shape index (κ2) is 5.14. The van der Waals surface area contributed by atoms with Crippen molar-refractivity contribution < 1.29 is 9.59 Å². The molecule has 0 aromatic heterocycles. The highest BCUT2D eigenvalue weighted by Crippen LogP contribution is 2.38. The highest BCUT2D eigenvalue weighted by Gasteiger charge is 2.42. The number of rotatable bonds is 4. The largest absolute Gasteiger partial charge is 0.298 e. The average molecular weight is 241 g/mol. The van der Waals surface area contributed by atoms with Crippen LogP contribution in [-0.4, -0.2) is 11.6 Å². The van der Waals surface area contributed by atoms with E-state index >= 15 is 0 Å². The Balaban J connectivity index is 2.02. The van der Waals surface area contributed by atoms with Gasteiger partial charge in [-0.05, 0) is 19.3 Å². The molecule has 18 heavy (non-hydrogen) atoms. The first-order valence-corrected chi connectivity index (χ1v) is 6.21. The number of nitrogens with zero attached hydrogens (tertiary/aromatic N) is 1. The minimum atomic E-state index is -0.898. The topological polar surface area (TPSA) is 57.9 Å². The number of benzene rings is 1. The van der Waals surface area contributed by atoms with E-state index in [9.17, 15) is 14.9 Å². The van der Waals surface area contributed by atoms with Crippen molar-refractivity contribution in [2.45, 2.75) is 32.1 Å². The van der Waals surface area contributed by atoms with E-state index in [0.717, 1.165) is 6.42 Å². The second-order valence-electron chi connectivity index (χ2n) is 4.76. The van der Waals surface area contributed by atoms with Gasteiger partial charge in [-0.2, -0.15) is 5.26 Å². The van der Waals surface area contributed by atoms with Gasteiger partial charge >= 0.3 is 0 Å². The molecule has 1 fully saturated rings. The third-order valence-electron chi connectivity index (χ3n) is 3.63. The number of hydrogen-bond donors (Lipinski definition) is 0. The first-order chi connectivity index (χ1) is 8.68. The van der Waals surface area contributed by atoms with Crippen LogP contribution < -0.4 is 0 Å². The molecule has 0 aliphatic heterocycles. The lowest BCUT2D eigenvalue weighted by atomic mass is 9.81. The first-order valence-electron chi connectivity index (χ1n) is 6.21. The van der Waals surface area contributed by atoms with Gasteiger partial charge in [-0.15, -0.1) is 0 Å². The van der Waals surface area contributed by atoms with E-state index in [1.165, 1.54) is 0 Å². The molecule has 1 aliphatic rings. The maximum atomic E-state index is 11.9. The Bertz CT molecular complexity index is 501. The quantitative estimate of drug-likeness (QED) is 0.761. The van der Waals surface area contributed by atoms with Crippen LogP contribution in [0.15, 0.2) is 30.3 Å². The standard InChI is InChI=1S/C15H15NO2/c16-11-15(9-4-7-14(15)18)10-8-13(17)12-5-2-1-3-6-12/h1-3,5-6H,4,7-10H2/t15-/m1/s1. The van der Waals surface area contributed by atoms with Crippen LogP contribution in [-0.2, 0) is 4.79 Å². The number of hydrogen-bond acceptors (Lipinski definition) is 3. The molecule has 0 unspecified atom stereocenters. The number of ketones is 2. The molecule has 3 nitrogen and oxygen atoms in total. The van der Waals surface area contributed by atoms with Crippen molar-refractivity contribution in [3.05, 3.63) is 35.9 Å². The van der Waals surface area contributed by atoms with Crippen molar-refractivity contribution >= 4 is 11.6 Å². The lowest BCUT2D eigenvalue weighted by Crippen LogP contribution is -2.24. The monoisotopic (exact) mass is 241 g/mol. The Hall–Kier alpha value is -1.95. The Morgan fingerprint density at radius 2 is 2.06 bits per heavy atom. The molecule has 3 heteroatoms. The molecule has 0 spiro atoms. The van der Waals surface area contributed by atoms with Gasteiger partial charge in [0.2, 0.25) is 0 Å². The van der Waals surface area contributed by atoms with E-state index in [1.807, 2.05) is 18.2 Å². The highest BCUT2D eigenvalue weighted by molar-refractivity contribution is 5.97. The van der Waals surface area contributed by atoms with Crippen LogP contribution in [0, 0.1) is 16.7 Å². The summed E-state index contributed by atoms with van der Waals surface area (Å²) in [7, 11) is 0. The summed E-state index contributed by atoms with van der Waals surface area (Å²) < 4.78 is 0. The van der Waals surface area contributed by atoms with E-state index < -0.39 is 5.41 Å². The summed E-state index contributed by atoms with van der Waals surface area (Å²) in [6.45, 7) is 0. The van der Waals surface area contributed by atoms with Gasteiger partial charge in [-0.1, -0.05) is 30.3 Å². The predicted octanol–water partition coefficient (Wildman–Crippen LogP) is 2.91. The lowest BCUT2D eigenvalue weighted by molar-refractivity contribution is -0.123. The van der Waals surface area contributed by atoms with Crippen LogP contribution >= 0.6 is 0 Å². The Labute approximate surface area is 106 Å². The van der Waals surface area contributed by atoms with Crippen molar-refractivity contribution in [1.29, 1.82) is 5.26 Å². The number of carbonyl (C=O) groups is 2. The SMILES string of the molecule is N#C[C@]1(CCC(=O)c2ccccc2)CCCC1=O. The van der Waals surface area contributed by atoms with Gasteiger partial charge < -0.3 is 0 Å².